The Morgan fingerprint density at radius 2 is 1.78 bits per heavy atom. The highest BCUT2D eigenvalue weighted by Gasteiger charge is 2.20. The molecule has 4 rings (SSSR count). The molecule has 0 bridgehead atoms. The lowest BCUT2D eigenvalue weighted by atomic mass is 10.2. The van der Waals surface area contributed by atoms with Crippen molar-refractivity contribution in [1.82, 2.24) is 9.88 Å². The van der Waals surface area contributed by atoms with Gasteiger partial charge in [-0.15, -0.1) is 0 Å². The number of rotatable bonds is 8. The smallest absolute Gasteiger partial charge is 0.323 e. The second-order valence-electron chi connectivity index (χ2n) is 8.09. The van der Waals surface area contributed by atoms with E-state index in [0.29, 0.717) is 33.7 Å². The van der Waals surface area contributed by atoms with Crippen molar-refractivity contribution < 1.29 is 33.0 Å². The van der Waals surface area contributed by atoms with Crippen molar-refractivity contribution in [3.63, 3.8) is 0 Å². The summed E-state index contributed by atoms with van der Waals surface area (Å²) in [5.41, 5.74) is 3.10. The van der Waals surface area contributed by atoms with Crippen LogP contribution in [0.2, 0.25) is 0 Å². The molecule has 3 aromatic carbocycles. The number of methoxy groups -OCH3 is 2. The number of nitrogens with zero attached hydrogens (tertiary/aromatic N) is 2. The first-order valence-electron chi connectivity index (χ1n) is 10.9. The number of hydrogen-bond donors (Lipinski definition) is 2. The maximum absolute atomic E-state index is 14.9. The molecule has 36 heavy (non-hydrogen) atoms. The second-order valence-corrected chi connectivity index (χ2v) is 8.09. The minimum absolute atomic E-state index is 0.0757. The van der Waals surface area contributed by atoms with Gasteiger partial charge in [0.15, 0.2) is 5.58 Å². The maximum Gasteiger partial charge on any atom is 0.323 e. The van der Waals surface area contributed by atoms with Gasteiger partial charge in [-0.2, -0.15) is 0 Å². The number of amides is 2. The fraction of sp³-hybridized carbons (Fsp3) is 0.192. The fourth-order valence-corrected chi connectivity index (χ4v) is 3.65. The number of oxazole rings is 1. The third kappa shape index (κ3) is 5.54. The molecular weight excluding hydrogens is 469 g/mol. The van der Waals surface area contributed by atoms with Crippen LogP contribution in [0.25, 0.3) is 22.6 Å². The number of fused-ring (bicyclic) bond motifs is 1. The zero-order chi connectivity index (χ0) is 25.8. The molecule has 1 aromatic heterocycles. The Labute approximate surface area is 206 Å². The number of nitrogens with one attached hydrogen (secondary N) is 1. The van der Waals surface area contributed by atoms with Gasteiger partial charge in [0.1, 0.15) is 29.4 Å². The molecule has 9 nitrogen and oxygen atoms in total. The normalized spacial score (nSPS) is 10.8. The maximum atomic E-state index is 14.9. The number of anilines is 1. The number of ether oxygens (including phenoxy) is 2. The number of carboxylic acid groups (broad SMARTS) is 1. The number of aliphatic carboxylic acids is 1. The molecular formula is C26H24FN3O6. The molecule has 0 aliphatic carbocycles. The number of carbonyl (C=O) groups is 2. The van der Waals surface area contributed by atoms with E-state index in [4.69, 9.17) is 13.9 Å². The zero-order valence-electron chi connectivity index (χ0n) is 19.9. The van der Waals surface area contributed by atoms with Gasteiger partial charge in [0, 0.05) is 18.2 Å². The van der Waals surface area contributed by atoms with Gasteiger partial charge < -0.3 is 29.2 Å². The van der Waals surface area contributed by atoms with Gasteiger partial charge in [-0.25, -0.2) is 14.2 Å². The first-order valence-corrected chi connectivity index (χ1v) is 10.9. The summed E-state index contributed by atoms with van der Waals surface area (Å²) in [4.78, 5) is 29.7. The Balaban J connectivity index is 1.54. The van der Waals surface area contributed by atoms with Crippen molar-refractivity contribution in [3.8, 4) is 23.0 Å². The van der Waals surface area contributed by atoms with Crippen LogP contribution in [0.4, 0.5) is 14.9 Å². The lowest BCUT2D eigenvalue weighted by Crippen LogP contribution is -2.38. The van der Waals surface area contributed by atoms with Crippen LogP contribution in [0.15, 0.2) is 59.0 Å². The topological polar surface area (TPSA) is 114 Å². The fourth-order valence-electron chi connectivity index (χ4n) is 3.65. The molecule has 0 fully saturated rings. The molecule has 10 heteroatoms. The Kier molecular flexibility index (Phi) is 7.05. The van der Waals surface area contributed by atoms with Crippen LogP contribution in [0.3, 0.4) is 0 Å². The van der Waals surface area contributed by atoms with Gasteiger partial charge >= 0.3 is 12.0 Å². The number of halogens is 1. The van der Waals surface area contributed by atoms with Gasteiger partial charge in [0.25, 0.3) is 0 Å². The van der Waals surface area contributed by atoms with Crippen molar-refractivity contribution in [2.45, 2.75) is 13.5 Å². The standard InChI is InChI=1S/C26H24FN3O6/c1-15-4-7-23-22(8-15)28-25(36-23)17-5-6-21(20(27)11-17)29-26(33)30(14-24(31)32)13-16-9-18(34-2)12-19(10-16)35-3/h4-12H,13-14H2,1-3H3,(H,29,33)(H,31,32). The van der Waals surface area contributed by atoms with E-state index in [1.165, 1.54) is 26.4 Å². The average molecular weight is 493 g/mol. The van der Waals surface area contributed by atoms with Crippen LogP contribution in [0.1, 0.15) is 11.1 Å². The molecule has 0 saturated carbocycles. The zero-order valence-corrected chi connectivity index (χ0v) is 19.9. The van der Waals surface area contributed by atoms with Crippen LogP contribution in [0.5, 0.6) is 11.5 Å². The van der Waals surface area contributed by atoms with Gasteiger partial charge in [-0.05, 0) is 60.5 Å². The van der Waals surface area contributed by atoms with Gasteiger partial charge in [0.05, 0.1) is 19.9 Å². The molecule has 4 aromatic rings. The number of hydrogen-bond acceptors (Lipinski definition) is 6. The quantitative estimate of drug-likeness (QED) is 0.352. The summed E-state index contributed by atoms with van der Waals surface area (Å²) in [5, 5.41) is 11.8. The molecule has 2 N–H and O–H groups in total. The lowest BCUT2D eigenvalue weighted by Gasteiger charge is -2.22. The Hall–Kier alpha value is -4.60. The van der Waals surface area contributed by atoms with Crippen molar-refractivity contribution >= 4 is 28.8 Å². The highest BCUT2D eigenvalue weighted by molar-refractivity contribution is 5.91. The average Bonchev–Trinajstić information content (AvgIpc) is 3.27. The minimum atomic E-state index is -1.22. The largest absolute Gasteiger partial charge is 0.497 e. The van der Waals surface area contributed by atoms with Crippen LogP contribution in [0, 0.1) is 12.7 Å². The molecule has 0 unspecified atom stereocenters. The van der Waals surface area contributed by atoms with Crippen molar-refractivity contribution in [2.24, 2.45) is 0 Å². The van der Waals surface area contributed by atoms with E-state index in [0.717, 1.165) is 10.5 Å². The highest BCUT2D eigenvalue weighted by Crippen LogP contribution is 2.28. The number of carbonyl (C=O) groups excluding carboxylic acids is 1. The summed E-state index contributed by atoms with van der Waals surface area (Å²) in [6, 6.07) is 13.8. The molecule has 186 valence electrons. The summed E-state index contributed by atoms with van der Waals surface area (Å²) in [7, 11) is 2.96. The number of aryl methyl sites for hydroxylation is 1. The molecule has 1 heterocycles. The number of urea groups is 1. The lowest BCUT2D eigenvalue weighted by molar-refractivity contribution is -0.137. The van der Waals surface area contributed by atoms with Gasteiger partial charge in [-0.3, -0.25) is 4.79 Å². The first-order chi connectivity index (χ1) is 17.2. The van der Waals surface area contributed by atoms with Crippen LogP contribution < -0.4 is 14.8 Å². The van der Waals surface area contributed by atoms with E-state index < -0.39 is 24.4 Å². The van der Waals surface area contributed by atoms with Crippen LogP contribution in [-0.2, 0) is 11.3 Å². The third-order valence-electron chi connectivity index (χ3n) is 5.40. The molecule has 0 aliphatic rings. The SMILES string of the molecule is COc1cc(CN(CC(=O)O)C(=O)Nc2ccc(-c3nc4cc(C)ccc4o3)cc2F)cc(OC)c1. The predicted molar refractivity (Wildman–Crippen MR) is 131 cm³/mol. The van der Waals surface area contributed by atoms with E-state index in [-0.39, 0.29) is 18.1 Å². The summed E-state index contributed by atoms with van der Waals surface area (Å²) >= 11 is 0. The van der Waals surface area contributed by atoms with E-state index in [2.05, 4.69) is 10.3 Å². The predicted octanol–water partition coefficient (Wildman–Crippen LogP) is 5.08. The van der Waals surface area contributed by atoms with Gasteiger partial charge in [-0.1, -0.05) is 6.07 Å². The van der Waals surface area contributed by atoms with Crippen molar-refractivity contribution in [1.29, 1.82) is 0 Å². The number of carboxylic acids is 1. The van der Waals surface area contributed by atoms with Crippen LogP contribution >= 0.6 is 0 Å². The molecule has 0 spiro atoms. The van der Waals surface area contributed by atoms with Crippen LogP contribution in [-0.4, -0.2) is 47.8 Å². The second kappa shape index (κ2) is 10.3. The first kappa shape index (κ1) is 24.5. The van der Waals surface area contributed by atoms with E-state index in [1.807, 2.05) is 19.1 Å². The Morgan fingerprint density at radius 1 is 1.06 bits per heavy atom. The third-order valence-corrected chi connectivity index (χ3v) is 5.40. The van der Waals surface area contributed by atoms with E-state index in [9.17, 15) is 19.1 Å². The monoisotopic (exact) mass is 493 g/mol. The molecule has 0 atom stereocenters. The molecule has 2 amide bonds. The summed E-state index contributed by atoms with van der Waals surface area (Å²) in [6.07, 6.45) is 0. The van der Waals surface area contributed by atoms with E-state index >= 15 is 0 Å². The highest BCUT2D eigenvalue weighted by atomic mass is 19.1. The summed E-state index contributed by atoms with van der Waals surface area (Å²) in [5.74, 6) is -0.737. The number of benzene rings is 3. The number of aromatic nitrogens is 1. The van der Waals surface area contributed by atoms with E-state index in [1.54, 1.807) is 30.3 Å². The summed E-state index contributed by atoms with van der Waals surface area (Å²) in [6.45, 7) is 1.25. The van der Waals surface area contributed by atoms with Gasteiger partial charge in [0.2, 0.25) is 5.89 Å². The Bertz CT molecular complexity index is 1410. The molecule has 0 aliphatic heterocycles. The Morgan fingerprint density at radius 3 is 2.42 bits per heavy atom. The molecule has 0 saturated heterocycles. The molecule has 0 radical (unpaired) electrons. The summed E-state index contributed by atoms with van der Waals surface area (Å²) < 4.78 is 31.1. The van der Waals surface area contributed by atoms with Crippen molar-refractivity contribution in [2.75, 3.05) is 26.1 Å². The van der Waals surface area contributed by atoms with Crippen molar-refractivity contribution in [3.05, 3.63) is 71.5 Å². The minimum Gasteiger partial charge on any atom is -0.497 e.